The number of rotatable bonds is 5. The molecule has 1 aromatic heterocycles. The molecule has 23 heavy (non-hydrogen) atoms. The third kappa shape index (κ3) is 4.86. The van der Waals surface area contributed by atoms with Gasteiger partial charge in [0.25, 0.3) is 5.91 Å². The number of carbonyl (C=O) groups is 2. The molecule has 0 fully saturated rings. The summed E-state index contributed by atoms with van der Waals surface area (Å²) in [5, 5.41) is 2.89. The van der Waals surface area contributed by atoms with Crippen LogP contribution in [0.25, 0.3) is 0 Å². The second-order valence-electron chi connectivity index (χ2n) is 4.29. The number of hydrogen-bond donors (Lipinski definition) is 1. The molecule has 0 bridgehead atoms. The fraction of sp³-hybridized carbons (Fsp3) is 0.133. The molecule has 0 unspecified atom stereocenters. The van der Waals surface area contributed by atoms with Crippen molar-refractivity contribution in [3.63, 3.8) is 0 Å². The molecule has 0 atom stereocenters. The Morgan fingerprint density at radius 2 is 1.96 bits per heavy atom. The molecular formula is C15H12Cl2N2O3S. The van der Waals surface area contributed by atoms with Crippen LogP contribution in [0.2, 0.25) is 10.2 Å². The van der Waals surface area contributed by atoms with Gasteiger partial charge >= 0.3 is 5.97 Å². The fourth-order valence-corrected chi connectivity index (χ4v) is 2.58. The molecule has 1 aromatic carbocycles. The highest BCUT2D eigenvalue weighted by molar-refractivity contribution is 7.98. The van der Waals surface area contributed by atoms with Gasteiger partial charge in [0.15, 0.2) is 12.3 Å². The SMILES string of the molecule is CSc1ccccc1NC(=O)COC(=O)c1nc(Cl)ccc1Cl. The lowest BCUT2D eigenvalue weighted by Crippen LogP contribution is -2.21. The van der Waals surface area contributed by atoms with Crippen LogP contribution in [-0.2, 0) is 9.53 Å². The molecule has 0 aliphatic heterocycles. The summed E-state index contributed by atoms with van der Waals surface area (Å²) >= 11 is 13.1. The number of amides is 1. The minimum absolute atomic E-state index is 0.104. The first-order valence-electron chi connectivity index (χ1n) is 6.43. The van der Waals surface area contributed by atoms with Gasteiger partial charge in [0.2, 0.25) is 0 Å². The number of nitrogens with one attached hydrogen (secondary N) is 1. The summed E-state index contributed by atoms with van der Waals surface area (Å²) in [7, 11) is 0. The van der Waals surface area contributed by atoms with Crippen molar-refractivity contribution in [1.29, 1.82) is 0 Å². The van der Waals surface area contributed by atoms with Gasteiger partial charge in [-0.25, -0.2) is 9.78 Å². The maximum atomic E-state index is 11.9. The molecule has 1 N–H and O–H groups in total. The number of carbonyl (C=O) groups excluding carboxylic acids is 2. The van der Waals surface area contributed by atoms with Crippen LogP contribution < -0.4 is 5.32 Å². The molecule has 0 saturated heterocycles. The van der Waals surface area contributed by atoms with Crippen molar-refractivity contribution in [2.24, 2.45) is 0 Å². The van der Waals surface area contributed by atoms with E-state index in [2.05, 4.69) is 10.3 Å². The van der Waals surface area contributed by atoms with Crippen LogP contribution in [0.4, 0.5) is 5.69 Å². The van der Waals surface area contributed by atoms with E-state index < -0.39 is 18.5 Å². The van der Waals surface area contributed by atoms with Gasteiger partial charge in [-0.05, 0) is 30.5 Å². The molecule has 1 amide bonds. The molecule has 0 aliphatic carbocycles. The van der Waals surface area contributed by atoms with E-state index in [1.54, 1.807) is 12.1 Å². The molecule has 5 nitrogen and oxygen atoms in total. The van der Waals surface area contributed by atoms with E-state index in [1.165, 1.54) is 23.9 Å². The average Bonchev–Trinajstić information content (AvgIpc) is 2.55. The quantitative estimate of drug-likeness (QED) is 0.490. The summed E-state index contributed by atoms with van der Waals surface area (Å²) in [6.45, 7) is -0.452. The lowest BCUT2D eigenvalue weighted by atomic mass is 10.3. The summed E-state index contributed by atoms with van der Waals surface area (Å²) in [6, 6.07) is 10.2. The summed E-state index contributed by atoms with van der Waals surface area (Å²) < 4.78 is 4.91. The summed E-state index contributed by atoms with van der Waals surface area (Å²) in [5.41, 5.74) is 0.524. The Labute approximate surface area is 147 Å². The maximum Gasteiger partial charge on any atom is 0.359 e. The first-order chi connectivity index (χ1) is 11.0. The van der Waals surface area contributed by atoms with Crippen LogP contribution >= 0.6 is 35.0 Å². The highest BCUT2D eigenvalue weighted by atomic mass is 35.5. The fourth-order valence-electron chi connectivity index (χ4n) is 1.70. The molecule has 0 aliphatic rings. The van der Waals surface area contributed by atoms with Gasteiger partial charge in [-0.3, -0.25) is 4.79 Å². The number of para-hydroxylation sites is 1. The number of pyridine rings is 1. The van der Waals surface area contributed by atoms with Gasteiger partial charge in [0.1, 0.15) is 5.15 Å². The maximum absolute atomic E-state index is 11.9. The van der Waals surface area contributed by atoms with Crippen molar-refractivity contribution >= 4 is 52.5 Å². The first kappa shape index (κ1) is 17.6. The van der Waals surface area contributed by atoms with Crippen LogP contribution in [0, 0.1) is 0 Å². The number of ether oxygens (including phenoxy) is 1. The molecule has 2 rings (SSSR count). The molecule has 2 aromatic rings. The minimum Gasteiger partial charge on any atom is -0.451 e. The Morgan fingerprint density at radius 1 is 1.22 bits per heavy atom. The number of hydrogen-bond acceptors (Lipinski definition) is 5. The highest BCUT2D eigenvalue weighted by Gasteiger charge is 2.16. The number of anilines is 1. The number of halogens is 2. The van der Waals surface area contributed by atoms with Crippen LogP contribution in [0.5, 0.6) is 0 Å². The number of esters is 1. The van der Waals surface area contributed by atoms with E-state index in [0.717, 1.165) is 4.90 Å². The molecular weight excluding hydrogens is 359 g/mol. The Bertz CT molecular complexity index is 740. The smallest absolute Gasteiger partial charge is 0.359 e. The normalized spacial score (nSPS) is 10.2. The lowest BCUT2D eigenvalue weighted by Gasteiger charge is -2.09. The summed E-state index contributed by atoms with van der Waals surface area (Å²) in [4.78, 5) is 28.5. The third-order valence-corrected chi connectivity index (χ3v) is 4.03. The Morgan fingerprint density at radius 3 is 2.70 bits per heavy atom. The molecule has 1 heterocycles. The van der Waals surface area contributed by atoms with Crippen LogP contribution in [0.3, 0.4) is 0 Å². The molecule has 0 radical (unpaired) electrons. The first-order valence-corrected chi connectivity index (χ1v) is 8.41. The zero-order chi connectivity index (χ0) is 16.8. The Kier molecular flexibility index (Phi) is 6.27. The number of aromatic nitrogens is 1. The second-order valence-corrected chi connectivity index (χ2v) is 5.93. The molecule has 8 heteroatoms. The highest BCUT2D eigenvalue weighted by Crippen LogP contribution is 2.24. The second kappa shape index (κ2) is 8.19. The van der Waals surface area contributed by atoms with Crippen molar-refractivity contribution in [2.45, 2.75) is 4.90 Å². The van der Waals surface area contributed by atoms with Gasteiger partial charge in [0.05, 0.1) is 10.7 Å². The average molecular weight is 371 g/mol. The summed E-state index contributed by atoms with van der Waals surface area (Å²) in [6.07, 6.45) is 1.90. The van der Waals surface area contributed by atoms with Crippen molar-refractivity contribution < 1.29 is 14.3 Å². The zero-order valence-corrected chi connectivity index (χ0v) is 14.3. The van der Waals surface area contributed by atoms with Gasteiger partial charge in [0, 0.05) is 4.90 Å². The van der Waals surface area contributed by atoms with E-state index in [4.69, 9.17) is 27.9 Å². The van der Waals surface area contributed by atoms with E-state index >= 15 is 0 Å². The summed E-state index contributed by atoms with van der Waals surface area (Å²) in [5.74, 6) is -1.27. The van der Waals surface area contributed by atoms with Crippen LogP contribution in [0.15, 0.2) is 41.3 Å². The van der Waals surface area contributed by atoms with Crippen molar-refractivity contribution in [3.05, 3.63) is 52.3 Å². The minimum atomic E-state index is -0.814. The van der Waals surface area contributed by atoms with Gasteiger partial charge in [-0.1, -0.05) is 35.3 Å². The number of benzene rings is 1. The predicted molar refractivity (Wildman–Crippen MR) is 91.4 cm³/mol. The number of nitrogens with zero attached hydrogens (tertiary/aromatic N) is 1. The Hall–Kier alpha value is -1.76. The number of thioether (sulfide) groups is 1. The topological polar surface area (TPSA) is 68.3 Å². The predicted octanol–water partition coefficient (Wildman–Crippen LogP) is 3.91. The lowest BCUT2D eigenvalue weighted by molar-refractivity contribution is -0.119. The zero-order valence-electron chi connectivity index (χ0n) is 12.0. The van der Waals surface area contributed by atoms with E-state index in [9.17, 15) is 9.59 Å². The van der Waals surface area contributed by atoms with Gasteiger partial charge in [-0.15, -0.1) is 11.8 Å². The molecule has 120 valence electrons. The largest absolute Gasteiger partial charge is 0.451 e. The van der Waals surface area contributed by atoms with Crippen LogP contribution in [0.1, 0.15) is 10.5 Å². The monoisotopic (exact) mass is 370 g/mol. The Balaban J connectivity index is 1.96. The standard InChI is InChI=1S/C15H12Cl2N2O3S/c1-23-11-5-3-2-4-10(11)18-13(20)8-22-15(21)14-9(16)6-7-12(17)19-14/h2-7H,8H2,1H3,(H,18,20). The molecule has 0 spiro atoms. The van der Waals surface area contributed by atoms with E-state index in [-0.39, 0.29) is 15.9 Å². The van der Waals surface area contributed by atoms with Crippen molar-refractivity contribution in [3.8, 4) is 0 Å². The third-order valence-electron chi connectivity index (χ3n) is 2.72. The van der Waals surface area contributed by atoms with Gasteiger partial charge in [-0.2, -0.15) is 0 Å². The van der Waals surface area contributed by atoms with E-state index in [1.807, 2.05) is 18.4 Å². The van der Waals surface area contributed by atoms with Gasteiger partial charge < -0.3 is 10.1 Å². The van der Waals surface area contributed by atoms with Crippen molar-refractivity contribution in [1.82, 2.24) is 4.98 Å². The van der Waals surface area contributed by atoms with Crippen LogP contribution in [-0.4, -0.2) is 29.7 Å². The van der Waals surface area contributed by atoms with Crippen molar-refractivity contribution in [2.75, 3.05) is 18.2 Å². The van der Waals surface area contributed by atoms with E-state index in [0.29, 0.717) is 5.69 Å². The molecule has 0 saturated carbocycles.